The molecule has 0 saturated heterocycles. The van der Waals surface area contributed by atoms with Gasteiger partial charge in [0, 0.05) is 16.6 Å². The molecule has 0 aromatic heterocycles. The predicted molar refractivity (Wildman–Crippen MR) is 79.3 cm³/mol. The summed E-state index contributed by atoms with van der Waals surface area (Å²) < 4.78 is 37.8. The Balaban J connectivity index is 2.17. The molecule has 0 atom stereocenters. The van der Waals surface area contributed by atoms with E-state index >= 15 is 0 Å². The molecule has 0 aliphatic heterocycles. The molecule has 6 heteroatoms. The standard InChI is InChI=1S/C15H14BrF2NO2/c1-20-13-3-2-9(4-10(13)7-19)8-21-14-6-11(16)5-12(17)15(14)18/h2-6H,7-8,19H2,1H3. The molecule has 0 spiro atoms. The van der Waals surface area contributed by atoms with E-state index in [1.54, 1.807) is 19.2 Å². The van der Waals surface area contributed by atoms with E-state index in [1.807, 2.05) is 6.07 Å². The summed E-state index contributed by atoms with van der Waals surface area (Å²) in [6.45, 7) is 0.417. The van der Waals surface area contributed by atoms with Crippen LogP contribution in [0.5, 0.6) is 11.5 Å². The van der Waals surface area contributed by atoms with Gasteiger partial charge in [-0.15, -0.1) is 0 Å². The Labute approximate surface area is 129 Å². The van der Waals surface area contributed by atoms with Crippen molar-refractivity contribution in [2.45, 2.75) is 13.2 Å². The quantitative estimate of drug-likeness (QED) is 0.828. The van der Waals surface area contributed by atoms with Crippen LogP contribution in [0, 0.1) is 11.6 Å². The smallest absolute Gasteiger partial charge is 0.200 e. The van der Waals surface area contributed by atoms with Crippen molar-refractivity contribution >= 4 is 15.9 Å². The molecule has 0 amide bonds. The van der Waals surface area contributed by atoms with Gasteiger partial charge in [0.05, 0.1) is 7.11 Å². The lowest BCUT2D eigenvalue weighted by Gasteiger charge is -2.11. The topological polar surface area (TPSA) is 44.5 Å². The minimum absolute atomic E-state index is 0.101. The Hall–Kier alpha value is -1.66. The van der Waals surface area contributed by atoms with Crippen LogP contribution >= 0.6 is 15.9 Å². The first-order valence-corrected chi connectivity index (χ1v) is 6.97. The highest BCUT2D eigenvalue weighted by Crippen LogP contribution is 2.26. The summed E-state index contributed by atoms with van der Waals surface area (Å²) >= 11 is 3.10. The van der Waals surface area contributed by atoms with Gasteiger partial charge in [-0.2, -0.15) is 4.39 Å². The van der Waals surface area contributed by atoms with Crippen LogP contribution < -0.4 is 15.2 Å². The molecule has 0 aliphatic carbocycles. The zero-order valence-electron chi connectivity index (χ0n) is 11.3. The van der Waals surface area contributed by atoms with Crippen LogP contribution in [-0.4, -0.2) is 7.11 Å². The van der Waals surface area contributed by atoms with E-state index in [4.69, 9.17) is 15.2 Å². The van der Waals surface area contributed by atoms with Crippen LogP contribution in [0.25, 0.3) is 0 Å². The molecule has 0 radical (unpaired) electrons. The van der Waals surface area contributed by atoms with Crippen LogP contribution in [-0.2, 0) is 13.2 Å². The number of halogens is 3. The van der Waals surface area contributed by atoms with E-state index in [1.165, 1.54) is 6.07 Å². The normalized spacial score (nSPS) is 10.5. The molecule has 0 unspecified atom stereocenters. The summed E-state index contributed by atoms with van der Waals surface area (Å²) in [5.41, 5.74) is 7.24. The largest absolute Gasteiger partial charge is 0.496 e. The van der Waals surface area contributed by atoms with E-state index in [9.17, 15) is 8.78 Å². The average Bonchev–Trinajstić information content (AvgIpc) is 2.49. The molecule has 2 aromatic carbocycles. The highest BCUT2D eigenvalue weighted by atomic mass is 79.9. The van der Waals surface area contributed by atoms with E-state index in [-0.39, 0.29) is 12.4 Å². The molecule has 0 fully saturated rings. The Bertz CT molecular complexity index is 650. The molecule has 0 saturated carbocycles. The summed E-state index contributed by atoms with van der Waals surface area (Å²) in [7, 11) is 1.56. The molecule has 112 valence electrons. The van der Waals surface area contributed by atoms with Gasteiger partial charge >= 0.3 is 0 Å². The monoisotopic (exact) mass is 357 g/mol. The number of methoxy groups -OCH3 is 1. The molecular weight excluding hydrogens is 344 g/mol. The first-order chi connectivity index (χ1) is 10.0. The molecule has 2 aromatic rings. The maximum atomic E-state index is 13.6. The minimum Gasteiger partial charge on any atom is -0.496 e. The van der Waals surface area contributed by atoms with Crippen LogP contribution in [0.1, 0.15) is 11.1 Å². The molecular formula is C15H14BrF2NO2. The molecule has 2 rings (SSSR count). The Morgan fingerprint density at radius 2 is 1.90 bits per heavy atom. The molecule has 0 bridgehead atoms. The summed E-state index contributed by atoms with van der Waals surface area (Å²) in [6.07, 6.45) is 0. The number of benzene rings is 2. The average molecular weight is 358 g/mol. The van der Waals surface area contributed by atoms with E-state index in [2.05, 4.69) is 15.9 Å². The van der Waals surface area contributed by atoms with Crippen molar-refractivity contribution in [3.8, 4) is 11.5 Å². The van der Waals surface area contributed by atoms with Gasteiger partial charge in [0.2, 0.25) is 5.82 Å². The van der Waals surface area contributed by atoms with Crippen LogP contribution in [0.15, 0.2) is 34.8 Å². The summed E-state index contributed by atoms with van der Waals surface area (Å²) in [6, 6.07) is 7.78. The fourth-order valence-corrected chi connectivity index (χ4v) is 2.29. The van der Waals surface area contributed by atoms with Gasteiger partial charge in [-0.05, 0) is 29.8 Å². The first kappa shape index (κ1) is 15.7. The van der Waals surface area contributed by atoms with Crippen molar-refractivity contribution in [3.05, 3.63) is 57.6 Å². The molecule has 21 heavy (non-hydrogen) atoms. The molecule has 0 heterocycles. The van der Waals surface area contributed by atoms with Gasteiger partial charge < -0.3 is 15.2 Å². The lowest BCUT2D eigenvalue weighted by molar-refractivity contribution is 0.284. The maximum absolute atomic E-state index is 13.6. The minimum atomic E-state index is -1.01. The molecule has 0 aliphatic rings. The lowest BCUT2D eigenvalue weighted by Crippen LogP contribution is -2.03. The van der Waals surface area contributed by atoms with Crippen molar-refractivity contribution in [2.24, 2.45) is 5.73 Å². The third-order valence-corrected chi connectivity index (χ3v) is 3.38. The van der Waals surface area contributed by atoms with Crippen molar-refractivity contribution in [1.82, 2.24) is 0 Å². The number of hydrogen-bond donors (Lipinski definition) is 1. The summed E-state index contributed by atoms with van der Waals surface area (Å²) in [5, 5.41) is 0. The number of hydrogen-bond acceptors (Lipinski definition) is 3. The predicted octanol–water partition coefficient (Wildman–Crippen LogP) is 3.77. The highest BCUT2D eigenvalue weighted by molar-refractivity contribution is 9.10. The molecule has 2 N–H and O–H groups in total. The third kappa shape index (κ3) is 3.71. The second-order valence-corrected chi connectivity index (χ2v) is 5.25. The lowest BCUT2D eigenvalue weighted by atomic mass is 10.1. The van der Waals surface area contributed by atoms with E-state index in [0.717, 1.165) is 17.2 Å². The van der Waals surface area contributed by atoms with Crippen LogP contribution in [0.4, 0.5) is 8.78 Å². The van der Waals surface area contributed by atoms with Gasteiger partial charge in [-0.25, -0.2) is 4.39 Å². The van der Waals surface area contributed by atoms with Crippen molar-refractivity contribution in [2.75, 3.05) is 7.11 Å². The zero-order chi connectivity index (χ0) is 15.4. The Kier molecular flexibility index (Phi) is 5.14. The van der Waals surface area contributed by atoms with Crippen molar-refractivity contribution in [3.63, 3.8) is 0 Å². The van der Waals surface area contributed by atoms with Gasteiger partial charge in [0.15, 0.2) is 11.6 Å². The van der Waals surface area contributed by atoms with E-state index < -0.39 is 11.6 Å². The summed E-state index contributed by atoms with van der Waals surface area (Å²) in [5.74, 6) is -1.43. The number of ether oxygens (including phenoxy) is 2. The fourth-order valence-electron chi connectivity index (χ4n) is 1.88. The van der Waals surface area contributed by atoms with Crippen LogP contribution in [0.2, 0.25) is 0 Å². The Morgan fingerprint density at radius 3 is 2.57 bits per heavy atom. The zero-order valence-corrected chi connectivity index (χ0v) is 12.9. The highest BCUT2D eigenvalue weighted by Gasteiger charge is 2.12. The second-order valence-electron chi connectivity index (χ2n) is 4.34. The van der Waals surface area contributed by atoms with E-state index in [0.29, 0.717) is 16.8 Å². The number of rotatable bonds is 5. The third-order valence-electron chi connectivity index (χ3n) is 2.92. The first-order valence-electron chi connectivity index (χ1n) is 6.18. The van der Waals surface area contributed by atoms with Gasteiger partial charge in [-0.3, -0.25) is 0 Å². The van der Waals surface area contributed by atoms with Crippen molar-refractivity contribution < 1.29 is 18.3 Å². The van der Waals surface area contributed by atoms with Crippen LogP contribution in [0.3, 0.4) is 0 Å². The van der Waals surface area contributed by atoms with Gasteiger partial charge in [0.1, 0.15) is 12.4 Å². The van der Waals surface area contributed by atoms with Gasteiger partial charge in [0.25, 0.3) is 0 Å². The SMILES string of the molecule is COc1ccc(COc2cc(Br)cc(F)c2F)cc1CN. The Morgan fingerprint density at radius 1 is 1.14 bits per heavy atom. The van der Waals surface area contributed by atoms with Crippen molar-refractivity contribution in [1.29, 1.82) is 0 Å². The fraction of sp³-hybridized carbons (Fsp3) is 0.200. The number of nitrogens with two attached hydrogens (primary N) is 1. The summed E-state index contributed by atoms with van der Waals surface area (Å²) in [4.78, 5) is 0. The second kappa shape index (κ2) is 6.87. The van der Waals surface area contributed by atoms with Gasteiger partial charge in [-0.1, -0.05) is 22.0 Å². The maximum Gasteiger partial charge on any atom is 0.200 e. The molecule has 3 nitrogen and oxygen atoms in total.